The third-order valence-electron chi connectivity index (χ3n) is 2.72. The Labute approximate surface area is 122 Å². The van der Waals surface area contributed by atoms with Gasteiger partial charge in [0.05, 0.1) is 12.3 Å². The molecule has 2 aromatic heterocycles. The lowest BCUT2D eigenvalue weighted by atomic mass is 10.4. The molecule has 2 rings (SSSR count). The van der Waals surface area contributed by atoms with Crippen LogP contribution in [0.5, 0.6) is 0 Å². The van der Waals surface area contributed by atoms with Crippen LogP contribution in [0, 0.1) is 0 Å². The molecule has 0 aliphatic carbocycles. The molecular formula is C12H18N6OS. The Morgan fingerprint density at radius 1 is 1.40 bits per heavy atom. The first-order chi connectivity index (χ1) is 9.72. The number of thioether (sulfide) groups is 1. The number of nitrogens with zero attached hydrogens (tertiary/aromatic N) is 5. The van der Waals surface area contributed by atoms with Crippen molar-refractivity contribution in [3.8, 4) is 0 Å². The minimum atomic E-state index is 0.452. The van der Waals surface area contributed by atoms with Gasteiger partial charge < -0.3 is 14.7 Å². The maximum atomic E-state index is 5.15. The molecule has 0 aliphatic heterocycles. The van der Waals surface area contributed by atoms with Gasteiger partial charge in [-0.1, -0.05) is 5.16 Å². The molecule has 0 fully saturated rings. The summed E-state index contributed by atoms with van der Waals surface area (Å²) in [4.78, 5) is 14.7. The van der Waals surface area contributed by atoms with Crippen molar-refractivity contribution in [2.24, 2.45) is 0 Å². The van der Waals surface area contributed by atoms with E-state index >= 15 is 0 Å². The quantitative estimate of drug-likeness (QED) is 0.828. The average molecular weight is 294 g/mol. The van der Waals surface area contributed by atoms with Gasteiger partial charge >= 0.3 is 0 Å². The minimum absolute atomic E-state index is 0.452. The highest BCUT2D eigenvalue weighted by Gasteiger charge is 2.07. The summed E-state index contributed by atoms with van der Waals surface area (Å²) < 4.78 is 5.15. The summed E-state index contributed by atoms with van der Waals surface area (Å²) in [5.74, 6) is 3.63. The molecular weight excluding hydrogens is 276 g/mol. The summed E-state index contributed by atoms with van der Waals surface area (Å²) in [5, 5.41) is 7.04. The molecule has 0 spiro atoms. The van der Waals surface area contributed by atoms with E-state index in [1.807, 2.05) is 24.3 Å². The second-order valence-electron chi connectivity index (χ2n) is 4.17. The van der Waals surface area contributed by atoms with E-state index in [0.29, 0.717) is 18.3 Å². The Morgan fingerprint density at radius 3 is 3.00 bits per heavy atom. The molecule has 0 radical (unpaired) electrons. The fraction of sp³-hybridized carbons (Fsp3) is 0.500. The number of nitrogens with one attached hydrogen (secondary N) is 1. The fourth-order valence-corrected chi connectivity index (χ4v) is 1.91. The highest BCUT2D eigenvalue weighted by molar-refractivity contribution is 7.97. The maximum Gasteiger partial charge on any atom is 0.246 e. The summed E-state index contributed by atoms with van der Waals surface area (Å²) in [6.45, 7) is 3.41. The van der Waals surface area contributed by atoms with Crippen LogP contribution < -0.4 is 10.2 Å². The molecule has 0 unspecified atom stereocenters. The number of aromatic nitrogens is 4. The second kappa shape index (κ2) is 7.09. The monoisotopic (exact) mass is 294 g/mol. The van der Waals surface area contributed by atoms with Crippen LogP contribution in [-0.2, 0) is 12.3 Å². The number of rotatable bonds is 7. The lowest BCUT2D eigenvalue weighted by Gasteiger charge is -2.15. The van der Waals surface area contributed by atoms with E-state index in [4.69, 9.17) is 4.52 Å². The van der Waals surface area contributed by atoms with Gasteiger partial charge in [-0.3, -0.25) is 0 Å². The van der Waals surface area contributed by atoms with E-state index in [9.17, 15) is 0 Å². The average Bonchev–Trinajstić information content (AvgIpc) is 2.93. The van der Waals surface area contributed by atoms with Crippen LogP contribution in [0.25, 0.3) is 0 Å². The summed E-state index contributed by atoms with van der Waals surface area (Å²) >= 11 is 1.66. The fourth-order valence-electron chi connectivity index (χ4n) is 1.53. The predicted octanol–water partition coefficient (Wildman–Crippen LogP) is 1.79. The van der Waals surface area contributed by atoms with Crippen molar-refractivity contribution in [2.45, 2.75) is 19.2 Å². The highest BCUT2D eigenvalue weighted by Crippen LogP contribution is 2.13. The Kier molecular flexibility index (Phi) is 5.16. The standard InChI is InChI=1S/C12H18N6OS/c1-4-18(2)11-5-9(14-8-15-11)13-6-12-16-10(7-20-3)17-19-12/h5,8H,4,6-7H2,1-3H3,(H,13,14,15). The molecule has 0 aliphatic rings. The minimum Gasteiger partial charge on any atom is -0.361 e. The van der Waals surface area contributed by atoms with Gasteiger partial charge in [-0.2, -0.15) is 16.7 Å². The van der Waals surface area contributed by atoms with Gasteiger partial charge in [0, 0.05) is 19.7 Å². The molecule has 108 valence electrons. The van der Waals surface area contributed by atoms with Crippen LogP contribution in [0.4, 0.5) is 11.6 Å². The summed E-state index contributed by atoms with van der Waals surface area (Å²) in [7, 11) is 1.98. The van der Waals surface area contributed by atoms with Crippen LogP contribution in [0.2, 0.25) is 0 Å². The van der Waals surface area contributed by atoms with Crippen molar-refractivity contribution in [3.63, 3.8) is 0 Å². The Hall–Kier alpha value is -1.83. The molecule has 0 amide bonds. The molecule has 0 aromatic carbocycles. The van der Waals surface area contributed by atoms with Crippen molar-refractivity contribution in [1.82, 2.24) is 20.1 Å². The van der Waals surface area contributed by atoms with Crippen molar-refractivity contribution >= 4 is 23.4 Å². The van der Waals surface area contributed by atoms with Gasteiger partial charge in [0.1, 0.15) is 18.0 Å². The molecule has 0 saturated carbocycles. The molecule has 0 saturated heterocycles. The topological polar surface area (TPSA) is 80.0 Å². The second-order valence-corrected chi connectivity index (χ2v) is 5.03. The van der Waals surface area contributed by atoms with Gasteiger partial charge in [-0.05, 0) is 13.2 Å². The first-order valence-electron chi connectivity index (χ1n) is 6.30. The third-order valence-corrected chi connectivity index (χ3v) is 3.27. The molecule has 0 atom stereocenters. The van der Waals surface area contributed by atoms with Gasteiger partial charge in [0.25, 0.3) is 0 Å². The van der Waals surface area contributed by atoms with Crippen LogP contribution in [0.3, 0.4) is 0 Å². The van der Waals surface area contributed by atoms with E-state index in [1.54, 1.807) is 11.8 Å². The highest BCUT2D eigenvalue weighted by atomic mass is 32.2. The van der Waals surface area contributed by atoms with Gasteiger partial charge in [0.15, 0.2) is 5.82 Å². The summed E-state index contributed by atoms with van der Waals surface area (Å²) in [6.07, 6.45) is 3.54. The number of hydrogen-bond acceptors (Lipinski definition) is 8. The maximum absolute atomic E-state index is 5.15. The van der Waals surface area contributed by atoms with Crippen LogP contribution in [0.1, 0.15) is 18.6 Å². The van der Waals surface area contributed by atoms with Gasteiger partial charge in [-0.15, -0.1) is 0 Å². The van der Waals surface area contributed by atoms with Crippen LogP contribution >= 0.6 is 11.8 Å². The van der Waals surface area contributed by atoms with Crippen LogP contribution in [0.15, 0.2) is 16.9 Å². The van der Waals surface area contributed by atoms with Gasteiger partial charge in [0.2, 0.25) is 5.89 Å². The first-order valence-corrected chi connectivity index (χ1v) is 7.69. The first kappa shape index (κ1) is 14.6. The number of hydrogen-bond donors (Lipinski definition) is 1. The van der Waals surface area contributed by atoms with Crippen LogP contribution in [-0.4, -0.2) is 40.0 Å². The summed E-state index contributed by atoms with van der Waals surface area (Å²) in [5.41, 5.74) is 0. The normalized spacial score (nSPS) is 10.6. The third kappa shape index (κ3) is 3.83. The molecule has 2 heterocycles. The molecule has 0 bridgehead atoms. The Morgan fingerprint density at radius 2 is 2.25 bits per heavy atom. The smallest absolute Gasteiger partial charge is 0.246 e. The Bertz CT molecular complexity index is 546. The van der Waals surface area contributed by atoms with E-state index < -0.39 is 0 Å². The Balaban J connectivity index is 1.96. The van der Waals surface area contributed by atoms with Crippen molar-refractivity contribution < 1.29 is 4.52 Å². The molecule has 8 heteroatoms. The SMILES string of the molecule is CCN(C)c1cc(NCc2nc(CSC)no2)ncn1. The van der Waals surface area contributed by atoms with E-state index in [2.05, 4.69) is 32.3 Å². The summed E-state index contributed by atoms with van der Waals surface area (Å²) in [6, 6.07) is 1.89. The van der Waals surface area contributed by atoms with Crippen molar-refractivity contribution in [3.05, 3.63) is 24.1 Å². The number of anilines is 2. The van der Waals surface area contributed by atoms with E-state index in [-0.39, 0.29) is 0 Å². The molecule has 1 N–H and O–H groups in total. The van der Waals surface area contributed by atoms with E-state index in [0.717, 1.165) is 23.9 Å². The molecule has 20 heavy (non-hydrogen) atoms. The zero-order valence-corrected chi connectivity index (χ0v) is 12.6. The van der Waals surface area contributed by atoms with E-state index in [1.165, 1.54) is 6.33 Å². The molecule has 2 aromatic rings. The van der Waals surface area contributed by atoms with Crippen molar-refractivity contribution in [1.29, 1.82) is 0 Å². The predicted molar refractivity (Wildman–Crippen MR) is 79.8 cm³/mol. The molecule has 7 nitrogen and oxygen atoms in total. The van der Waals surface area contributed by atoms with Gasteiger partial charge in [-0.25, -0.2) is 9.97 Å². The zero-order chi connectivity index (χ0) is 14.4. The zero-order valence-electron chi connectivity index (χ0n) is 11.8. The lowest BCUT2D eigenvalue weighted by molar-refractivity contribution is 0.379. The van der Waals surface area contributed by atoms with Crippen molar-refractivity contribution in [2.75, 3.05) is 30.1 Å². The largest absolute Gasteiger partial charge is 0.361 e. The lowest BCUT2D eigenvalue weighted by Crippen LogP contribution is -2.17.